The van der Waals surface area contributed by atoms with Crippen molar-refractivity contribution in [3.63, 3.8) is 0 Å². The normalized spacial score (nSPS) is 20.4. The summed E-state index contributed by atoms with van der Waals surface area (Å²) < 4.78 is 10.2. The SMILES string of the molecule is CCNC(=O)C1COCCN1CCC(=O)OCC. The predicted molar refractivity (Wildman–Crippen MR) is 66.1 cm³/mol. The fourth-order valence-electron chi connectivity index (χ4n) is 1.91. The zero-order chi connectivity index (χ0) is 13.4. The average Bonchev–Trinajstić information content (AvgIpc) is 2.37. The summed E-state index contributed by atoms with van der Waals surface area (Å²) in [6.45, 7) is 6.83. The van der Waals surface area contributed by atoms with Gasteiger partial charge < -0.3 is 14.8 Å². The Bertz CT molecular complexity index is 283. The molecule has 18 heavy (non-hydrogen) atoms. The molecule has 1 N–H and O–H groups in total. The van der Waals surface area contributed by atoms with Gasteiger partial charge in [0.2, 0.25) is 5.91 Å². The molecule has 1 rings (SSSR count). The standard InChI is InChI=1S/C12H22N2O4/c1-3-13-12(16)10-9-17-8-7-14(10)6-5-11(15)18-4-2/h10H,3-9H2,1-2H3,(H,13,16). The van der Waals surface area contributed by atoms with Crippen molar-refractivity contribution >= 4 is 11.9 Å². The van der Waals surface area contributed by atoms with Crippen LogP contribution in [-0.4, -0.2) is 62.3 Å². The molecule has 0 spiro atoms. The first kappa shape index (κ1) is 14.9. The lowest BCUT2D eigenvalue weighted by atomic mass is 10.2. The van der Waals surface area contributed by atoms with E-state index in [2.05, 4.69) is 5.32 Å². The topological polar surface area (TPSA) is 67.9 Å². The van der Waals surface area contributed by atoms with E-state index in [0.717, 1.165) is 0 Å². The van der Waals surface area contributed by atoms with Gasteiger partial charge in [0.1, 0.15) is 6.04 Å². The molecule has 0 aliphatic carbocycles. The van der Waals surface area contributed by atoms with Crippen LogP contribution in [0.2, 0.25) is 0 Å². The number of hydrogen-bond donors (Lipinski definition) is 1. The van der Waals surface area contributed by atoms with Crippen molar-refractivity contribution in [1.82, 2.24) is 10.2 Å². The lowest BCUT2D eigenvalue weighted by Crippen LogP contribution is -2.54. The van der Waals surface area contributed by atoms with Gasteiger partial charge in [-0.05, 0) is 13.8 Å². The minimum Gasteiger partial charge on any atom is -0.466 e. The van der Waals surface area contributed by atoms with E-state index in [-0.39, 0.29) is 17.9 Å². The van der Waals surface area contributed by atoms with Crippen LogP contribution < -0.4 is 5.32 Å². The van der Waals surface area contributed by atoms with E-state index in [1.807, 2.05) is 11.8 Å². The van der Waals surface area contributed by atoms with Gasteiger partial charge in [-0.2, -0.15) is 0 Å². The number of carbonyl (C=O) groups is 2. The molecule has 1 fully saturated rings. The van der Waals surface area contributed by atoms with Crippen molar-refractivity contribution < 1.29 is 19.1 Å². The molecule has 6 heteroatoms. The summed E-state index contributed by atoms with van der Waals surface area (Å²) >= 11 is 0. The van der Waals surface area contributed by atoms with Crippen LogP contribution in [-0.2, 0) is 19.1 Å². The number of nitrogens with one attached hydrogen (secondary N) is 1. The smallest absolute Gasteiger partial charge is 0.307 e. The molecule has 1 unspecified atom stereocenters. The van der Waals surface area contributed by atoms with Crippen molar-refractivity contribution in [2.75, 3.05) is 39.5 Å². The number of nitrogens with zero attached hydrogens (tertiary/aromatic N) is 1. The number of amides is 1. The molecule has 1 aliphatic rings. The Morgan fingerprint density at radius 3 is 2.89 bits per heavy atom. The summed E-state index contributed by atoms with van der Waals surface area (Å²) in [5.41, 5.74) is 0. The summed E-state index contributed by atoms with van der Waals surface area (Å²) in [6, 6.07) is -0.298. The number of likely N-dealkylation sites (N-methyl/N-ethyl adjacent to an activating group) is 1. The molecular weight excluding hydrogens is 236 g/mol. The van der Waals surface area contributed by atoms with Gasteiger partial charge in [0.25, 0.3) is 0 Å². The molecule has 1 saturated heterocycles. The third-order valence-electron chi connectivity index (χ3n) is 2.80. The highest BCUT2D eigenvalue weighted by atomic mass is 16.5. The van der Waals surface area contributed by atoms with Crippen molar-refractivity contribution in [3.8, 4) is 0 Å². The van der Waals surface area contributed by atoms with Gasteiger partial charge in [0, 0.05) is 19.6 Å². The Morgan fingerprint density at radius 2 is 2.22 bits per heavy atom. The second-order valence-electron chi connectivity index (χ2n) is 4.08. The van der Waals surface area contributed by atoms with Crippen LogP contribution >= 0.6 is 0 Å². The molecule has 0 aromatic heterocycles. The fourth-order valence-corrected chi connectivity index (χ4v) is 1.91. The Morgan fingerprint density at radius 1 is 1.44 bits per heavy atom. The summed E-state index contributed by atoms with van der Waals surface area (Å²) in [6.07, 6.45) is 0.309. The van der Waals surface area contributed by atoms with Crippen LogP contribution in [0.4, 0.5) is 0 Å². The molecule has 0 saturated carbocycles. The number of esters is 1. The van der Waals surface area contributed by atoms with E-state index >= 15 is 0 Å². The summed E-state index contributed by atoms with van der Waals surface area (Å²) in [7, 11) is 0. The zero-order valence-electron chi connectivity index (χ0n) is 11.1. The average molecular weight is 258 g/mol. The largest absolute Gasteiger partial charge is 0.466 e. The van der Waals surface area contributed by atoms with Gasteiger partial charge in [0.15, 0.2) is 0 Å². The molecule has 1 amide bonds. The molecule has 1 heterocycles. The molecule has 0 aromatic carbocycles. The Kier molecular flexibility index (Phi) is 6.67. The maximum atomic E-state index is 11.8. The first-order valence-electron chi connectivity index (χ1n) is 6.44. The van der Waals surface area contributed by atoms with E-state index in [4.69, 9.17) is 9.47 Å². The maximum absolute atomic E-state index is 11.8. The Balaban J connectivity index is 2.44. The van der Waals surface area contributed by atoms with Crippen molar-refractivity contribution in [3.05, 3.63) is 0 Å². The van der Waals surface area contributed by atoms with Crippen LogP contribution in [0.3, 0.4) is 0 Å². The summed E-state index contributed by atoms with van der Waals surface area (Å²) in [4.78, 5) is 25.1. The molecular formula is C12H22N2O4. The molecule has 0 radical (unpaired) electrons. The highest BCUT2D eigenvalue weighted by molar-refractivity contribution is 5.82. The van der Waals surface area contributed by atoms with Crippen LogP contribution in [0.1, 0.15) is 20.3 Å². The zero-order valence-corrected chi connectivity index (χ0v) is 11.1. The number of rotatable bonds is 6. The minimum atomic E-state index is -0.298. The second-order valence-corrected chi connectivity index (χ2v) is 4.08. The van der Waals surface area contributed by atoms with Crippen molar-refractivity contribution in [2.45, 2.75) is 26.3 Å². The van der Waals surface area contributed by atoms with Gasteiger partial charge in [-0.25, -0.2) is 0 Å². The van der Waals surface area contributed by atoms with Crippen LogP contribution in [0.25, 0.3) is 0 Å². The maximum Gasteiger partial charge on any atom is 0.307 e. The van der Waals surface area contributed by atoms with Gasteiger partial charge in [0.05, 0.1) is 26.2 Å². The van der Waals surface area contributed by atoms with Crippen LogP contribution in [0.5, 0.6) is 0 Å². The predicted octanol–water partition coefficient (Wildman–Crippen LogP) is -0.223. The second kappa shape index (κ2) is 8.05. The van der Waals surface area contributed by atoms with Crippen molar-refractivity contribution in [2.24, 2.45) is 0 Å². The highest BCUT2D eigenvalue weighted by Crippen LogP contribution is 2.08. The molecule has 104 valence electrons. The minimum absolute atomic E-state index is 0.0407. The van der Waals surface area contributed by atoms with Gasteiger partial charge in [-0.3, -0.25) is 14.5 Å². The van der Waals surface area contributed by atoms with E-state index in [9.17, 15) is 9.59 Å². The molecule has 0 bridgehead atoms. The fraction of sp³-hybridized carbons (Fsp3) is 0.833. The van der Waals surface area contributed by atoms with Crippen molar-refractivity contribution in [1.29, 1.82) is 0 Å². The lowest BCUT2D eigenvalue weighted by molar-refractivity contribution is -0.145. The molecule has 0 aromatic rings. The number of hydrogen-bond acceptors (Lipinski definition) is 5. The van der Waals surface area contributed by atoms with Gasteiger partial charge >= 0.3 is 5.97 Å². The number of ether oxygens (including phenoxy) is 2. The molecule has 1 atom stereocenters. The third kappa shape index (κ3) is 4.62. The number of carbonyl (C=O) groups excluding carboxylic acids is 2. The van der Waals surface area contributed by atoms with E-state index in [0.29, 0.717) is 45.9 Å². The Labute approximate surface area is 108 Å². The number of morpholine rings is 1. The quantitative estimate of drug-likeness (QED) is 0.667. The van der Waals surface area contributed by atoms with E-state index in [1.54, 1.807) is 6.92 Å². The molecule has 1 aliphatic heterocycles. The van der Waals surface area contributed by atoms with Crippen LogP contribution in [0.15, 0.2) is 0 Å². The van der Waals surface area contributed by atoms with Gasteiger partial charge in [-0.1, -0.05) is 0 Å². The summed E-state index contributed by atoms with van der Waals surface area (Å²) in [5.74, 6) is -0.264. The first-order valence-corrected chi connectivity index (χ1v) is 6.44. The highest BCUT2D eigenvalue weighted by Gasteiger charge is 2.29. The van der Waals surface area contributed by atoms with Gasteiger partial charge in [-0.15, -0.1) is 0 Å². The lowest BCUT2D eigenvalue weighted by Gasteiger charge is -2.34. The van der Waals surface area contributed by atoms with Crippen LogP contribution in [0, 0.1) is 0 Å². The Hall–Kier alpha value is -1.14. The molecule has 6 nitrogen and oxygen atoms in total. The van der Waals surface area contributed by atoms with E-state index < -0.39 is 0 Å². The first-order chi connectivity index (χ1) is 8.69. The van der Waals surface area contributed by atoms with E-state index in [1.165, 1.54) is 0 Å². The summed E-state index contributed by atoms with van der Waals surface area (Å²) in [5, 5.41) is 2.78. The third-order valence-corrected chi connectivity index (χ3v) is 2.80. The monoisotopic (exact) mass is 258 g/mol.